The van der Waals surface area contributed by atoms with Gasteiger partial charge in [-0.2, -0.15) is 0 Å². The second-order valence-electron chi connectivity index (χ2n) is 4.38. The molecule has 0 atom stereocenters. The van der Waals surface area contributed by atoms with E-state index in [1.54, 1.807) is 10.6 Å². The van der Waals surface area contributed by atoms with Gasteiger partial charge in [0.05, 0.1) is 14.8 Å². The Morgan fingerprint density at radius 3 is 2.33 bits per heavy atom. The largest absolute Gasteiger partial charge is 0.331 e. The topological polar surface area (TPSA) is 22.0 Å². The average molecular weight is 474 g/mol. The van der Waals surface area contributed by atoms with Crippen LogP contribution in [-0.2, 0) is 13.0 Å². The molecule has 0 fully saturated rings. The number of aromatic nitrogens is 1. The van der Waals surface area contributed by atoms with E-state index in [0.717, 1.165) is 15.5 Å². The van der Waals surface area contributed by atoms with Crippen LogP contribution < -0.4 is 0 Å². The molecule has 2 nitrogen and oxygen atoms in total. The van der Waals surface area contributed by atoms with Gasteiger partial charge in [-0.15, -0.1) is 0 Å². The first-order valence-electron chi connectivity index (χ1n) is 6.00. The monoisotopic (exact) mass is 471 g/mol. The van der Waals surface area contributed by atoms with Gasteiger partial charge >= 0.3 is 0 Å². The Morgan fingerprint density at radius 1 is 1.14 bits per heavy atom. The molecule has 0 aliphatic rings. The highest BCUT2D eigenvalue weighted by molar-refractivity contribution is 9.13. The molecule has 0 aliphatic carbocycles. The van der Waals surface area contributed by atoms with E-state index in [1.165, 1.54) is 5.56 Å². The smallest absolute Gasteiger partial charge is 0.255 e. The number of hydrogen-bond acceptors (Lipinski definition) is 1. The fourth-order valence-corrected chi connectivity index (χ4v) is 3.13. The molecule has 7 heteroatoms. The minimum absolute atomic E-state index is 0.352. The lowest BCUT2D eigenvalue weighted by Gasteiger charge is -2.14. The van der Waals surface area contributed by atoms with Gasteiger partial charge in [0.15, 0.2) is 0 Å². The molecule has 112 valence electrons. The van der Waals surface area contributed by atoms with E-state index in [2.05, 4.69) is 31.9 Å². The van der Waals surface area contributed by atoms with Gasteiger partial charge in [0.25, 0.3) is 3.79 Å². The van der Waals surface area contributed by atoms with Crippen LogP contribution in [0.5, 0.6) is 0 Å². The molecule has 2 rings (SSSR count). The molecule has 1 heterocycles. The second-order valence-corrected chi connectivity index (χ2v) is 8.27. The third kappa shape index (κ3) is 4.26. The molecule has 0 unspecified atom stereocenters. The molecule has 0 bridgehead atoms. The molecular formula is C14H10Br2Cl3NO. The zero-order chi connectivity index (χ0) is 15.6. The normalized spacial score (nSPS) is 11.7. The minimum atomic E-state index is -1.97. The highest BCUT2D eigenvalue weighted by Crippen LogP contribution is 2.35. The van der Waals surface area contributed by atoms with Crippen LogP contribution in [0.15, 0.2) is 45.5 Å². The minimum Gasteiger partial charge on any atom is -0.331 e. The van der Waals surface area contributed by atoms with Crippen LogP contribution in [0.3, 0.4) is 0 Å². The van der Waals surface area contributed by atoms with Crippen molar-refractivity contribution < 1.29 is 4.79 Å². The quantitative estimate of drug-likeness (QED) is 0.405. The van der Waals surface area contributed by atoms with Crippen LogP contribution in [-0.4, -0.2) is 14.1 Å². The molecule has 0 saturated carbocycles. The Hall–Kier alpha value is -0.000000000000000111. The van der Waals surface area contributed by atoms with Gasteiger partial charge in [0.1, 0.15) is 0 Å². The van der Waals surface area contributed by atoms with E-state index in [0.29, 0.717) is 12.2 Å². The zero-order valence-corrected chi connectivity index (χ0v) is 16.1. The molecule has 0 aliphatic heterocycles. The van der Waals surface area contributed by atoms with E-state index in [9.17, 15) is 4.79 Å². The number of carbonyl (C=O) groups is 1. The molecule has 1 aromatic heterocycles. The fraction of sp³-hybridized carbons (Fsp3) is 0.214. The fourth-order valence-electron chi connectivity index (χ4n) is 1.93. The van der Waals surface area contributed by atoms with Crippen molar-refractivity contribution in [2.75, 3.05) is 0 Å². The summed E-state index contributed by atoms with van der Waals surface area (Å²) >= 11 is 23.9. The Kier molecular flexibility index (Phi) is 5.83. The lowest BCUT2D eigenvalue weighted by Crippen LogP contribution is -2.23. The van der Waals surface area contributed by atoms with E-state index >= 15 is 0 Å². The number of ketones is 1. The molecule has 21 heavy (non-hydrogen) atoms. The van der Waals surface area contributed by atoms with Crippen LogP contribution >= 0.6 is 66.7 Å². The van der Waals surface area contributed by atoms with Gasteiger partial charge in [-0.3, -0.25) is 4.79 Å². The maximum atomic E-state index is 12.2. The zero-order valence-electron chi connectivity index (χ0n) is 10.6. The average Bonchev–Trinajstić information content (AvgIpc) is 2.72. The van der Waals surface area contributed by atoms with Crippen molar-refractivity contribution in [3.05, 3.63) is 56.7 Å². The van der Waals surface area contributed by atoms with Gasteiger partial charge in [-0.1, -0.05) is 65.1 Å². The summed E-state index contributed by atoms with van der Waals surface area (Å²) in [6.45, 7) is 0.595. The lowest BCUT2D eigenvalue weighted by atomic mass is 10.1. The molecule has 0 N–H and O–H groups in total. The number of carbonyl (C=O) groups excluding carboxylic acids is 1. The van der Waals surface area contributed by atoms with Gasteiger partial charge in [0.2, 0.25) is 5.78 Å². The summed E-state index contributed by atoms with van der Waals surface area (Å²) in [6, 6.07) is 11.6. The van der Waals surface area contributed by atoms with Crippen LogP contribution in [0.1, 0.15) is 16.1 Å². The summed E-state index contributed by atoms with van der Waals surface area (Å²) in [4.78, 5) is 12.2. The van der Waals surface area contributed by atoms with E-state index < -0.39 is 9.58 Å². The van der Waals surface area contributed by atoms with Gasteiger partial charge in [-0.25, -0.2) is 0 Å². The number of nitrogens with zero attached hydrogens (tertiary/aromatic N) is 1. The van der Waals surface area contributed by atoms with Crippen molar-refractivity contribution in [1.29, 1.82) is 0 Å². The Balaban J connectivity index is 2.28. The Bertz CT molecular complexity index is 650. The van der Waals surface area contributed by atoms with E-state index in [-0.39, 0.29) is 0 Å². The third-order valence-corrected chi connectivity index (χ3v) is 5.45. The van der Waals surface area contributed by atoms with Crippen LogP contribution in [0, 0.1) is 0 Å². The maximum absolute atomic E-state index is 12.2. The van der Waals surface area contributed by atoms with Crippen molar-refractivity contribution in [1.82, 2.24) is 4.57 Å². The van der Waals surface area contributed by atoms with Crippen LogP contribution in [0.2, 0.25) is 0 Å². The van der Waals surface area contributed by atoms with Crippen LogP contribution in [0.25, 0.3) is 0 Å². The van der Waals surface area contributed by atoms with Gasteiger partial charge < -0.3 is 4.57 Å². The number of halogens is 5. The number of benzene rings is 1. The molecule has 0 spiro atoms. The maximum Gasteiger partial charge on any atom is 0.255 e. The lowest BCUT2D eigenvalue weighted by molar-refractivity contribution is 0.0987. The third-order valence-electron chi connectivity index (χ3n) is 2.95. The SMILES string of the molecule is O=C(c1cc(Br)c(Br)n1CCc1ccccc1)C(Cl)(Cl)Cl. The van der Waals surface area contributed by atoms with Crippen molar-refractivity contribution >= 4 is 72.4 Å². The second kappa shape index (κ2) is 7.05. The number of hydrogen-bond donors (Lipinski definition) is 0. The first-order chi connectivity index (χ1) is 9.80. The summed E-state index contributed by atoms with van der Waals surface area (Å²) in [7, 11) is 0. The molecule has 2 aromatic rings. The van der Waals surface area contributed by atoms with E-state index in [1.807, 2.05) is 30.3 Å². The molecule has 0 amide bonds. The molecule has 0 radical (unpaired) electrons. The van der Waals surface area contributed by atoms with Crippen molar-refractivity contribution in [2.45, 2.75) is 16.8 Å². The predicted molar refractivity (Wildman–Crippen MR) is 94.6 cm³/mol. The molecular weight excluding hydrogens is 464 g/mol. The van der Waals surface area contributed by atoms with Crippen molar-refractivity contribution in [3.63, 3.8) is 0 Å². The van der Waals surface area contributed by atoms with Crippen molar-refractivity contribution in [2.24, 2.45) is 0 Å². The van der Waals surface area contributed by atoms with Gasteiger partial charge in [0, 0.05) is 6.54 Å². The van der Waals surface area contributed by atoms with Gasteiger partial charge in [-0.05, 0) is 49.9 Å². The number of alkyl halides is 3. The predicted octanol–water partition coefficient (Wildman–Crippen LogP) is 5.81. The summed E-state index contributed by atoms with van der Waals surface area (Å²) in [5.41, 5.74) is 1.52. The first kappa shape index (κ1) is 17.4. The highest BCUT2D eigenvalue weighted by atomic mass is 79.9. The van der Waals surface area contributed by atoms with Crippen LogP contribution in [0.4, 0.5) is 0 Å². The standard InChI is InChI=1S/C14H10Br2Cl3NO/c15-10-8-11(12(21)14(17,18)19)20(13(10)16)7-6-9-4-2-1-3-5-9/h1-5,8H,6-7H2. The summed E-state index contributed by atoms with van der Waals surface area (Å²) < 4.78 is 1.31. The summed E-state index contributed by atoms with van der Waals surface area (Å²) in [5.74, 6) is -0.549. The Morgan fingerprint density at radius 2 is 1.76 bits per heavy atom. The van der Waals surface area contributed by atoms with Crippen molar-refractivity contribution in [3.8, 4) is 0 Å². The summed E-state index contributed by atoms with van der Waals surface area (Å²) in [5, 5.41) is 0. The first-order valence-corrected chi connectivity index (χ1v) is 8.72. The number of Topliss-reactive ketones (excluding diaryl/α,β-unsaturated/α-hetero) is 1. The molecule has 0 saturated heterocycles. The Labute approximate surface area is 154 Å². The highest BCUT2D eigenvalue weighted by Gasteiger charge is 2.34. The number of rotatable bonds is 4. The van der Waals surface area contributed by atoms with E-state index in [4.69, 9.17) is 34.8 Å². The molecule has 1 aromatic carbocycles. The summed E-state index contributed by atoms with van der Waals surface area (Å²) in [6.07, 6.45) is 0.765. The number of aryl methyl sites for hydroxylation is 1.